The SMILES string of the molecule is O=C(C=Cc1ccccc1)NCC(=O)NN=Cc1ccc([N+](=O)[O-])s1. The fourth-order valence-electron chi connectivity index (χ4n) is 1.68. The van der Waals surface area contributed by atoms with Crippen LogP contribution in [0.15, 0.2) is 53.6 Å². The van der Waals surface area contributed by atoms with Crippen LogP contribution in [-0.2, 0) is 9.59 Å². The highest BCUT2D eigenvalue weighted by Crippen LogP contribution is 2.22. The van der Waals surface area contributed by atoms with Crippen molar-refractivity contribution in [3.63, 3.8) is 0 Å². The summed E-state index contributed by atoms with van der Waals surface area (Å²) in [4.78, 5) is 33.7. The van der Waals surface area contributed by atoms with Gasteiger partial charge in [0, 0.05) is 12.1 Å². The predicted molar refractivity (Wildman–Crippen MR) is 95.2 cm³/mol. The van der Waals surface area contributed by atoms with Crippen LogP contribution >= 0.6 is 11.3 Å². The van der Waals surface area contributed by atoms with Crippen LogP contribution in [0.1, 0.15) is 10.4 Å². The van der Waals surface area contributed by atoms with Crippen molar-refractivity contribution in [2.75, 3.05) is 6.54 Å². The summed E-state index contributed by atoms with van der Waals surface area (Å²) in [5.74, 6) is -0.916. The average molecular weight is 358 g/mol. The monoisotopic (exact) mass is 358 g/mol. The average Bonchev–Trinajstić information content (AvgIpc) is 3.08. The van der Waals surface area contributed by atoms with Crippen LogP contribution in [-0.4, -0.2) is 29.5 Å². The van der Waals surface area contributed by atoms with E-state index in [1.807, 2.05) is 30.3 Å². The predicted octanol–water partition coefficient (Wildman–Crippen LogP) is 1.94. The zero-order valence-electron chi connectivity index (χ0n) is 12.9. The molecule has 0 aliphatic carbocycles. The van der Waals surface area contributed by atoms with Gasteiger partial charge in [0.1, 0.15) is 0 Å². The molecule has 2 rings (SSSR count). The van der Waals surface area contributed by atoms with Crippen LogP contribution in [0.25, 0.3) is 6.08 Å². The first-order valence-electron chi connectivity index (χ1n) is 7.11. The highest BCUT2D eigenvalue weighted by Gasteiger charge is 2.08. The van der Waals surface area contributed by atoms with E-state index in [0.717, 1.165) is 16.9 Å². The van der Waals surface area contributed by atoms with Crippen molar-refractivity contribution in [3.05, 3.63) is 69.1 Å². The fourth-order valence-corrected chi connectivity index (χ4v) is 2.37. The third-order valence-corrected chi connectivity index (χ3v) is 3.79. The Labute approximate surface area is 147 Å². The Morgan fingerprint density at radius 1 is 1.20 bits per heavy atom. The second kappa shape index (κ2) is 9.08. The number of hydrogen-bond acceptors (Lipinski definition) is 6. The Hall–Kier alpha value is -3.33. The summed E-state index contributed by atoms with van der Waals surface area (Å²) in [5, 5.41) is 16.6. The van der Waals surface area contributed by atoms with Gasteiger partial charge >= 0.3 is 5.00 Å². The maximum atomic E-state index is 11.6. The molecule has 0 atom stereocenters. The lowest BCUT2D eigenvalue weighted by molar-refractivity contribution is -0.380. The van der Waals surface area contributed by atoms with Crippen molar-refractivity contribution in [3.8, 4) is 0 Å². The van der Waals surface area contributed by atoms with Crippen LogP contribution in [0.5, 0.6) is 0 Å². The van der Waals surface area contributed by atoms with E-state index < -0.39 is 16.7 Å². The van der Waals surface area contributed by atoms with E-state index in [0.29, 0.717) is 4.88 Å². The summed E-state index contributed by atoms with van der Waals surface area (Å²) >= 11 is 0.937. The van der Waals surface area contributed by atoms with Gasteiger partial charge in [-0.15, -0.1) is 0 Å². The molecule has 25 heavy (non-hydrogen) atoms. The van der Waals surface area contributed by atoms with Gasteiger partial charge in [0.25, 0.3) is 5.91 Å². The van der Waals surface area contributed by atoms with E-state index in [-0.39, 0.29) is 11.5 Å². The van der Waals surface area contributed by atoms with E-state index >= 15 is 0 Å². The Kier molecular flexibility index (Phi) is 6.55. The maximum Gasteiger partial charge on any atom is 0.324 e. The summed E-state index contributed by atoms with van der Waals surface area (Å²) in [5.41, 5.74) is 3.10. The lowest BCUT2D eigenvalue weighted by atomic mass is 10.2. The lowest BCUT2D eigenvalue weighted by Crippen LogP contribution is -2.33. The second-order valence-corrected chi connectivity index (χ2v) is 5.78. The van der Waals surface area contributed by atoms with Crippen LogP contribution in [0, 0.1) is 10.1 Å². The fraction of sp³-hybridized carbons (Fsp3) is 0.0625. The van der Waals surface area contributed by atoms with Gasteiger partial charge < -0.3 is 5.32 Å². The number of nitro groups is 1. The quantitative estimate of drug-likeness (QED) is 0.341. The summed E-state index contributed by atoms with van der Waals surface area (Å²) < 4.78 is 0. The summed E-state index contributed by atoms with van der Waals surface area (Å²) in [7, 11) is 0. The molecule has 1 heterocycles. The third kappa shape index (κ3) is 6.36. The summed E-state index contributed by atoms with van der Waals surface area (Å²) in [6, 6.07) is 12.1. The molecule has 0 saturated heterocycles. The minimum absolute atomic E-state index is 0.00903. The Balaban J connectivity index is 1.72. The number of benzene rings is 1. The zero-order chi connectivity index (χ0) is 18.1. The van der Waals surface area contributed by atoms with Crippen LogP contribution in [0.3, 0.4) is 0 Å². The van der Waals surface area contributed by atoms with Crippen molar-refractivity contribution in [2.24, 2.45) is 5.10 Å². The highest BCUT2D eigenvalue weighted by atomic mass is 32.1. The van der Waals surface area contributed by atoms with E-state index in [1.165, 1.54) is 24.4 Å². The third-order valence-electron chi connectivity index (χ3n) is 2.82. The number of hydrogen-bond donors (Lipinski definition) is 2. The molecule has 128 valence electrons. The van der Waals surface area contributed by atoms with Gasteiger partial charge in [0.05, 0.1) is 22.6 Å². The van der Waals surface area contributed by atoms with Gasteiger partial charge in [-0.3, -0.25) is 19.7 Å². The Morgan fingerprint density at radius 2 is 1.96 bits per heavy atom. The van der Waals surface area contributed by atoms with Gasteiger partial charge in [0.2, 0.25) is 5.91 Å². The van der Waals surface area contributed by atoms with Gasteiger partial charge in [0.15, 0.2) is 0 Å². The number of nitrogens with zero attached hydrogens (tertiary/aromatic N) is 2. The number of hydrazone groups is 1. The molecule has 0 unspecified atom stereocenters. The van der Waals surface area contributed by atoms with Gasteiger partial charge in [-0.1, -0.05) is 41.7 Å². The second-order valence-electron chi connectivity index (χ2n) is 4.69. The van der Waals surface area contributed by atoms with E-state index in [2.05, 4.69) is 15.8 Å². The standard InChI is InChI=1S/C16H14N4O4S/c21-14(8-6-12-4-2-1-3-5-12)17-11-15(22)19-18-10-13-7-9-16(25-13)20(23)24/h1-10H,11H2,(H,17,21)(H,19,22). The van der Waals surface area contributed by atoms with E-state index in [1.54, 1.807) is 6.08 Å². The van der Waals surface area contributed by atoms with E-state index in [9.17, 15) is 19.7 Å². The minimum Gasteiger partial charge on any atom is -0.343 e. The van der Waals surface area contributed by atoms with Crippen molar-refractivity contribution in [1.29, 1.82) is 0 Å². The molecule has 0 spiro atoms. The Bertz CT molecular complexity index is 815. The molecular weight excluding hydrogens is 344 g/mol. The highest BCUT2D eigenvalue weighted by molar-refractivity contribution is 7.16. The Morgan fingerprint density at radius 3 is 2.64 bits per heavy atom. The first kappa shape index (κ1) is 18.0. The van der Waals surface area contributed by atoms with Gasteiger partial charge in [-0.2, -0.15) is 5.10 Å². The normalized spacial score (nSPS) is 10.9. The molecule has 0 bridgehead atoms. The lowest BCUT2D eigenvalue weighted by Gasteiger charge is -2.00. The van der Waals surface area contributed by atoms with Crippen LogP contribution in [0.4, 0.5) is 5.00 Å². The largest absolute Gasteiger partial charge is 0.343 e. The summed E-state index contributed by atoms with van der Waals surface area (Å²) in [6.07, 6.45) is 4.26. The number of nitrogens with one attached hydrogen (secondary N) is 2. The van der Waals surface area contributed by atoms with Crippen molar-refractivity contribution >= 4 is 40.4 Å². The molecule has 1 aromatic heterocycles. The van der Waals surface area contributed by atoms with Crippen molar-refractivity contribution in [1.82, 2.24) is 10.7 Å². The first-order chi connectivity index (χ1) is 12.0. The van der Waals surface area contributed by atoms with Gasteiger partial charge in [-0.25, -0.2) is 5.43 Å². The van der Waals surface area contributed by atoms with Crippen LogP contribution in [0.2, 0.25) is 0 Å². The molecule has 2 amide bonds. The molecule has 0 saturated carbocycles. The molecule has 2 aromatic rings. The molecule has 9 heteroatoms. The minimum atomic E-state index is -0.510. The maximum absolute atomic E-state index is 11.6. The molecule has 1 aromatic carbocycles. The molecule has 8 nitrogen and oxygen atoms in total. The number of carbonyl (C=O) groups is 2. The topological polar surface area (TPSA) is 114 Å². The van der Waals surface area contributed by atoms with Gasteiger partial charge in [-0.05, 0) is 17.7 Å². The molecular formula is C16H14N4O4S. The molecule has 0 fully saturated rings. The molecule has 0 radical (unpaired) electrons. The first-order valence-corrected chi connectivity index (χ1v) is 7.93. The number of rotatable bonds is 7. The van der Waals surface area contributed by atoms with Crippen LogP contribution < -0.4 is 10.7 Å². The molecule has 2 N–H and O–H groups in total. The van der Waals surface area contributed by atoms with Crippen molar-refractivity contribution < 1.29 is 14.5 Å². The summed E-state index contributed by atoms with van der Waals surface area (Å²) in [6.45, 7) is -0.236. The number of thiophene rings is 1. The molecule has 0 aliphatic heterocycles. The molecule has 0 aliphatic rings. The number of amides is 2. The van der Waals surface area contributed by atoms with Crippen molar-refractivity contribution in [2.45, 2.75) is 0 Å². The van der Waals surface area contributed by atoms with E-state index in [4.69, 9.17) is 0 Å². The number of carbonyl (C=O) groups excluding carboxylic acids is 2. The zero-order valence-corrected chi connectivity index (χ0v) is 13.7. The smallest absolute Gasteiger partial charge is 0.324 e.